The maximum atomic E-state index is 12.8. The maximum absolute atomic E-state index is 12.8. The van der Waals surface area contributed by atoms with Crippen LogP contribution in [0.1, 0.15) is 22.2 Å². The molecule has 0 N–H and O–H groups in total. The van der Waals surface area contributed by atoms with E-state index in [-0.39, 0.29) is 12.0 Å². The van der Waals surface area contributed by atoms with Crippen molar-refractivity contribution in [2.45, 2.75) is 6.10 Å². The molecule has 1 aliphatic rings. The summed E-state index contributed by atoms with van der Waals surface area (Å²) >= 11 is 0. The number of aromatic nitrogens is 3. The van der Waals surface area contributed by atoms with Gasteiger partial charge in [-0.15, -0.1) is 5.10 Å². The minimum absolute atomic E-state index is 0.108. The first kappa shape index (κ1) is 15.5. The van der Waals surface area contributed by atoms with E-state index < -0.39 is 0 Å². The average Bonchev–Trinajstić information content (AvgIpc) is 3.19. The van der Waals surface area contributed by atoms with Crippen LogP contribution in [0.5, 0.6) is 0 Å². The SMILES string of the molecule is O=C(c1cn(-c2ccccc2)nn1)N1CCO[C@@H](c2ccccc2)C1. The number of nitrogens with zero attached hydrogens (tertiary/aromatic N) is 4. The quantitative estimate of drug-likeness (QED) is 0.738. The predicted molar refractivity (Wildman–Crippen MR) is 92.4 cm³/mol. The molecule has 4 rings (SSSR count). The highest BCUT2D eigenvalue weighted by Gasteiger charge is 2.27. The number of para-hydroxylation sites is 1. The molecule has 25 heavy (non-hydrogen) atoms. The molecule has 1 aromatic heterocycles. The first-order chi connectivity index (χ1) is 12.3. The molecule has 1 amide bonds. The summed E-state index contributed by atoms with van der Waals surface area (Å²) in [6.45, 7) is 1.58. The van der Waals surface area contributed by atoms with Gasteiger partial charge in [-0.3, -0.25) is 4.79 Å². The van der Waals surface area contributed by atoms with Crippen LogP contribution in [-0.2, 0) is 4.74 Å². The second-order valence-electron chi connectivity index (χ2n) is 5.91. The Kier molecular flexibility index (Phi) is 4.26. The van der Waals surface area contributed by atoms with Gasteiger partial charge in [-0.25, -0.2) is 4.68 Å². The number of hydrogen-bond acceptors (Lipinski definition) is 4. The summed E-state index contributed by atoms with van der Waals surface area (Å²) in [7, 11) is 0. The molecule has 6 nitrogen and oxygen atoms in total. The molecule has 1 aliphatic heterocycles. The molecular weight excluding hydrogens is 316 g/mol. The number of amides is 1. The molecule has 0 spiro atoms. The third kappa shape index (κ3) is 3.29. The van der Waals surface area contributed by atoms with Gasteiger partial charge in [0.1, 0.15) is 6.10 Å². The van der Waals surface area contributed by atoms with Gasteiger partial charge in [0.25, 0.3) is 5.91 Å². The first-order valence-corrected chi connectivity index (χ1v) is 8.25. The van der Waals surface area contributed by atoms with Crippen molar-refractivity contribution in [2.24, 2.45) is 0 Å². The summed E-state index contributed by atoms with van der Waals surface area (Å²) in [5.74, 6) is -0.119. The lowest BCUT2D eigenvalue weighted by Gasteiger charge is -2.32. The Morgan fingerprint density at radius 3 is 2.52 bits per heavy atom. The van der Waals surface area contributed by atoms with Crippen LogP contribution in [0, 0.1) is 0 Å². The van der Waals surface area contributed by atoms with Crippen molar-refractivity contribution in [1.29, 1.82) is 0 Å². The number of benzene rings is 2. The van der Waals surface area contributed by atoms with Gasteiger partial charge in [-0.2, -0.15) is 0 Å². The first-order valence-electron chi connectivity index (χ1n) is 8.25. The van der Waals surface area contributed by atoms with Gasteiger partial charge in [0.15, 0.2) is 5.69 Å². The van der Waals surface area contributed by atoms with E-state index >= 15 is 0 Å². The number of ether oxygens (including phenoxy) is 1. The van der Waals surface area contributed by atoms with Gasteiger partial charge < -0.3 is 9.64 Å². The zero-order valence-electron chi connectivity index (χ0n) is 13.7. The van der Waals surface area contributed by atoms with Gasteiger partial charge in [0.2, 0.25) is 0 Å². The van der Waals surface area contributed by atoms with Crippen LogP contribution in [0.15, 0.2) is 66.9 Å². The molecule has 1 fully saturated rings. The molecule has 2 aromatic carbocycles. The number of hydrogen-bond donors (Lipinski definition) is 0. The Balaban J connectivity index is 1.50. The normalized spacial score (nSPS) is 17.4. The lowest BCUT2D eigenvalue weighted by molar-refractivity contribution is -0.0230. The Morgan fingerprint density at radius 2 is 1.76 bits per heavy atom. The zero-order valence-corrected chi connectivity index (χ0v) is 13.7. The molecule has 6 heteroatoms. The van der Waals surface area contributed by atoms with Crippen LogP contribution < -0.4 is 0 Å². The van der Waals surface area contributed by atoms with Gasteiger partial charge in [-0.1, -0.05) is 53.7 Å². The van der Waals surface area contributed by atoms with E-state index in [0.717, 1.165) is 11.3 Å². The van der Waals surface area contributed by atoms with Crippen LogP contribution >= 0.6 is 0 Å². The van der Waals surface area contributed by atoms with Crippen molar-refractivity contribution in [3.63, 3.8) is 0 Å². The Bertz CT molecular complexity index is 848. The summed E-state index contributed by atoms with van der Waals surface area (Å²) in [5.41, 5.74) is 2.30. The van der Waals surface area contributed by atoms with Crippen LogP contribution in [0.4, 0.5) is 0 Å². The molecule has 3 aromatic rings. The van der Waals surface area contributed by atoms with Crippen LogP contribution in [0.2, 0.25) is 0 Å². The highest BCUT2D eigenvalue weighted by Crippen LogP contribution is 2.22. The molecule has 126 valence electrons. The Labute approximate surface area is 145 Å². The fraction of sp³-hybridized carbons (Fsp3) is 0.211. The number of carbonyl (C=O) groups excluding carboxylic acids is 1. The second kappa shape index (κ2) is 6.86. The molecule has 1 saturated heterocycles. The summed E-state index contributed by atoms with van der Waals surface area (Å²) in [6, 6.07) is 19.6. The highest BCUT2D eigenvalue weighted by atomic mass is 16.5. The lowest BCUT2D eigenvalue weighted by Crippen LogP contribution is -2.42. The van der Waals surface area contributed by atoms with E-state index in [1.165, 1.54) is 0 Å². The molecular formula is C19H18N4O2. The number of carbonyl (C=O) groups is 1. The van der Waals surface area contributed by atoms with Crippen LogP contribution in [0.3, 0.4) is 0 Å². The van der Waals surface area contributed by atoms with E-state index in [4.69, 9.17) is 4.74 Å². The summed E-state index contributed by atoms with van der Waals surface area (Å²) < 4.78 is 7.43. The summed E-state index contributed by atoms with van der Waals surface area (Å²) in [6.07, 6.45) is 1.56. The molecule has 0 unspecified atom stereocenters. The molecule has 0 saturated carbocycles. The second-order valence-corrected chi connectivity index (χ2v) is 5.91. The third-order valence-electron chi connectivity index (χ3n) is 4.26. The van der Waals surface area contributed by atoms with Crippen molar-refractivity contribution in [1.82, 2.24) is 19.9 Å². The smallest absolute Gasteiger partial charge is 0.276 e. The highest BCUT2D eigenvalue weighted by molar-refractivity contribution is 5.92. The van der Waals surface area contributed by atoms with Gasteiger partial charge in [0, 0.05) is 6.54 Å². The summed E-state index contributed by atoms with van der Waals surface area (Å²) in [5, 5.41) is 8.11. The lowest BCUT2D eigenvalue weighted by atomic mass is 10.1. The molecule has 1 atom stereocenters. The Morgan fingerprint density at radius 1 is 1.04 bits per heavy atom. The van der Waals surface area contributed by atoms with E-state index in [1.807, 2.05) is 60.7 Å². The molecule has 0 aliphatic carbocycles. The van der Waals surface area contributed by atoms with E-state index in [0.29, 0.717) is 25.4 Å². The van der Waals surface area contributed by atoms with Gasteiger partial charge >= 0.3 is 0 Å². The van der Waals surface area contributed by atoms with Crippen molar-refractivity contribution in [2.75, 3.05) is 19.7 Å². The van der Waals surface area contributed by atoms with E-state index in [9.17, 15) is 4.79 Å². The van der Waals surface area contributed by atoms with E-state index in [1.54, 1.807) is 15.8 Å². The molecule has 0 radical (unpaired) electrons. The predicted octanol–water partition coefficient (Wildman–Crippen LogP) is 2.48. The topological polar surface area (TPSA) is 60.2 Å². The number of morpholine rings is 1. The zero-order chi connectivity index (χ0) is 17.1. The minimum Gasteiger partial charge on any atom is -0.370 e. The molecule has 0 bridgehead atoms. The fourth-order valence-corrected chi connectivity index (χ4v) is 2.93. The monoisotopic (exact) mass is 334 g/mol. The Hall–Kier alpha value is -2.99. The summed E-state index contributed by atoms with van der Waals surface area (Å²) in [4.78, 5) is 14.6. The van der Waals surface area contributed by atoms with Crippen molar-refractivity contribution >= 4 is 5.91 Å². The van der Waals surface area contributed by atoms with Crippen molar-refractivity contribution in [3.8, 4) is 5.69 Å². The van der Waals surface area contributed by atoms with Crippen LogP contribution in [-0.4, -0.2) is 45.5 Å². The number of rotatable bonds is 3. The minimum atomic E-state index is -0.119. The van der Waals surface area contributed by atoms with Gasteiger partial charge in [0.05, 0.1) is 25.0 Å². The van der Waals surface area contributed by atoms with Crippen molar-refractivity contribution in [3.05, 3.63) is 78.1 Å². The fourth-order valence-electron chi connectivity index (χ4n) is 2.93. The standard InChI is InChI=1S/C19H18N4O2/c24-19(17-13-23(21-20-17)16-9-5-2-6-10-16)22-11-12-25-18(14-22)15-7-3-1-4-8-15/h1-10,13,18H,11-12,14H2/t18-/m1/s1. The molecule has 2 heterocycles. The maximum Gasteiger partial charge on any atom is 0.276 e. The average molecular weight is 334 g/mol. The van der Waals surface area contributed by atoms with Crippen LogP contribution in [0.25, 0.3) is 5.69 Å². The largest absolute Gasteiger partial charge is 0.370 e. The van der Waals surface area contributed by atoms with Gasteiger partial charge in [-0.05, 0) is 17.7 Å². The van der Waals surface area contributed by atoms with Crippen molar-refractivity contribution < 1.29 is 9.53 Å². The third-order valence-corrected chi connectivity index (χ3v) is 4.26. The van der Waals surface area contributed by atoms with E-state index in [2.05, 4.69) is 10.3 Å².